The summed E-state index contributed by atoms with van der Waals surface area (Å²) in [6.45, 7) is 3.08. The Morgan fingerprint density at radius 2 is 2.03 bits per heavy atom. The van der Waals surface area contributed by atoms with Gasteiger partial charge in [-0.2, -0.15) is 4.31 Å². The van der Waals surface area contributed by atoms with Crippen LogP contribution in [0.25, 0.3) is 0 Å². The molecule has 0 atom stereocenters. The van der Waals surface area contributed by atoms with Gasteiger partial charge in [-0.05, 0) is 37.5 Å². The highest BCUT2D eigenvalue weighted by Crippen LogP contribution is 2.29. The summed E-state index contributed by atoms with van der Waals surface area (Å²) in [6.07, 6.45) is 3.74. The minimum atomic E-state index is -3.65. The van der Waals surface area contributed by atoms with Gasteiger partial charge in [0, 0.05) is 18.8 Å². The number of benzene rings is 1. The van der Waals surface area contributed by atoms with E-state index < -0.39 is 15.9 Å². The second-order valence-electron chi connectivity index (χ2n) is 6.50. The maximum absolute atomic E-state index is 13.0. The minimum Gasteiger partial charge on any atom is -0.496 e. The third kappa shape index (κ3) is 5.27. The summed E-state index contributed by atoms with van der Waals surface area (Å²) in [5, 5.41) is 11.1. The highest BCUT2D eigenvalue weighted by molar-refractivity contribution is 8.01. The fourth-order valence-corrected chi connectivity index (χ4v) is 6.17. The van der Waals surface area contributed by atoms with Crippen LogP contribution in [0.15, 0.2) is 27.4 Å². The molecule has 0 aliphatic carbocycles. The molecular formula is C18H24N4O4S3. The highest BCUT2D eigenvalue weighted by atomic mass is 32.2. The van der Waals surface area contributed by atoms with Crippen LogP contribution < -0.4 is 10.1 Å². The van der Waals surface area contributed by atoms with Crippen LogP contribution in [0, 0.1) is 0 Å². The number of thioether (sulfide) groups is 1. The molecule has 1 N–H and O–H groups in total. The Morgan fingerprint density at radius 3 is 2.72 bits per heavy atom. The van der Waals surface area contributed by atoms with Gasteiger partial charge < -0.3 is 4.74 Å². The van der Waals surface area contributed by atoms with Crippen LogP contribution in [0.1, 0.15) is 43.0 Å². The number of nitrogens with one attached hydrogen (secondary N) is 1. The van der Waals surface area contributed by atoms with Crippen molar-refractivity contribution in [2.24, 2.45) is 0 Å². The second kappa shape index (κ2) is 9.88. The van der Waals surface area contributed by atoms with Gasteiger partial charge in [-0.1, -0.05) is 36.4 Å². The van der Waals surface area contributed by atoms with Crippen molar-refractivity contribution in [2.75, 3.05) is 31.3 Å². The van der Waals surface area contributed by atoms with Crippen molar-refractivity contribution in [3.8, 4) is 5.75 Å². The van der Waals surface area contributed by atoms with Gasteiger partial charge >= 0.3 is 0 Å². The van der Waals surface area contributed by atoms with Gasteiger partial charge in [-0.3, -0.25) is 10.1 Å². The predicted molar refractivity (Wildman–Crippen MR) is 114 cm³/mol. The van der Waals surface area contributed by atoms with E-state index in [1.54, 1.807) is 11.8 Å². The second-order valence-corrected chi connectivity index (χ2v) is 10.8. The number of anilines is 1. The summed E-state index contributed by atoms with van der Waals surface area (Å²) in [4.78, 5) is 12.9. The number of methoxy groups -OCH3 is 1. The van der Waals surface area contributed by atoms with Crippen LogP contribution in [0.3, 0.4) is 0 Å². The minimum absolute atomic E-state index is 0.0850. The highest BCUT2D eigenvalue weighted by Gasteiger charge is 2.28. The summed E-state index contributed by atoms with van der Waals surface area (Å²) >= 11 is 2.86. The van der Waals surface area contributed by atoms with Gasteiger partial charge in [0.1, 0.15) is 5.75 Å². The molecule has 29 heavy (non-hydrogen) atoms. The first-order valence-corrected chi connectivity index (χ1v) is 12.7. The summed E-state index contributed by atoms with van der Waals surface area (Å²) < 4.78 is 33.4. The van der Waals surface area contributed by atoms with E-state index in [9.17, 15) is 13.2 Å². The molecular weight excluding hydrogens is 432 g/mol. The van der Waals surface area contributed by atoms with Crippen LogP contribution in [0.2, 0.25) is 0 Å². The Labute approximate surface area is 179 Å². The van der Waals surface area contributed by atoms with E-state index in [4.69, 9.17) is 4.74 Å². The molecule has 8 nitrogen and oxygen atoms in total. The van der Waals surface area contributed by atoms with Crippen molar-refractivity contribution >= 4 is 44.2 Å². The average molecular weight is 457 g/mol. The quantitative estimate of drug-likeness (QED) is 0.479. The number of hydrogen-bond acceptors (Lipinski definition) is 8. The van der Waals surface area contributed by atoms with Crippen molar-refractivity contribution in [1.82, 2.24) is 14.5 Å². The van der Waals surface area contributed by atoms with Crippen LogP contribution in [-0.2, 0) is 10.0 Å². The molecule has 1 aliphatic rings. The summed E-state index contributed by atoms with van der Waals surface area (Å²) in [5.74, 6) is 0.734. The third-order valence-electron chi connectivity index (χ3n) is 4.42. The lowest BCUT2D eigenvalue weighted by atomic mass is 10.2. The topological polar surface area (TPSA) is 101 Å². The number of rotatable bonds is 8. The van der Waals surface area contributed by atoms with Crippen molar-refractivity contribution in [3.63, 3.8) is 0 Å². The van der Waals surface area contributed by atoms with E-state index in [2.05, 4.69) is 22.4 Å². The molecule has 0 spiro atoms. The van der Waals surface area contributed by atoms with Crippen molar-refractivity contribution in [2.45, 2.75) is 41.8 Å². The first-order valence-electron chi connectivity index (χ1n) is 9.41. The molecule has 2 aromatic rings. The number of hydrogen-bond donors (Lipinski definition) is 1. The van der Waals surface area contributed by atoms with Crippen molar-refractivity contribution < 1.29 is 17.9 Å². The zero-order valence-corrected chi connectivity index (χ0v) is 18.8. The number of nitrogens with zero attached hydrogens (tertiary/aromatic N) is 3. The van der Waals surface area contributed by atoms with E-state index in [0.29, 0.717) is 24.0 Å². The van der Waals surface area contributed by atoms with E-state index in [-0.39, 0.29) is 10.5 Å². The molecule has 2 heterocycles. The number of ether oxygens (including phenoxy) is 1. The van der Waals surface area contributed by atoms with Gasteiger partial charge in [-0.25, -0.2) is 8.42 Å². The fraction of sp³-hybridized carbons (Fsp3) is 0.500. The van der Waals surface area contributed by atoms with Crippen molar-refractivity contribution in [3.05, 3.63) is 23.8 Å². The Kier molecular flexibility index (Phi) is 7.49. The number of carbonyl (C=O) groups is 1. The Bertz CT molecular complexity index is 956. The first-order chi connectivity index (χ1) is 14.0. The van der Waals surface area contributed by atoms with Gasteiger partial charge in [0.25, 0.3) is 5.91 Å². The number of aromatic nitrogens is 2. The van der Waals surface area contributed by atoms with Crippen LogP contribution in [-0.4, -0.2) is 54.8 Å². The summed E-state index contributed by atoms with van der Waals surface area (Å²) in [5.41, 5.74) is 0.142. The van der Waals surface area contributed by atoms with Crippen LogP contribution in [0.4, 0.5) is 5.13 Å². The zero-order chi connectivity index (χ0) is 20.9. The van der Waals surface area contributed by atoms with E-state index in [0.717, 1.165) is 35.8 Å². The summed E-state index contributed by atoms with van der Waals surface area (Å²) in [6, 6.07) is 4.35. The monoisotopic (exact) mass is 456 g/mol. The lowest BCUT2D eigenvalue weighted by Crippen LogP contribution is -2.35. The molecule has 1 fully saturated rings. The molecule has 0 radical (unpaired) electrons. The fourth-order valence-electron chi connectivity index (χ4n) is 2.95. The van der Waals surface area contributed by atoms with Crippen molar-refractivity contribution in [1.29, 1.82) is 0 Å². The molecule has 1 saturated heterocycles. The Hall–Kier alpha value is -1.69. The maximum Gasteiger partial charge on any atom is 0.261 e. The van der Waals surface area contributed by atoms with Gasteiger partial charge in [0.05, 0.1) is 17.6 Å². The number of amides is 1. The SMILES string of the molecule is CCCSc1nnc(NC(=O)c2cc(S(=O)(=O)N3CCCCC3)ccc2OC)s1. The molecule has 0 unspecified atom stereocenters. The lowest BCUT2D eigenvalue weighted by Gasteiger charge is -2.26. The van der Waals surface area contributed by atoms with Gasteiger partial charge in [0.15, 0.2) is 4.34 Å². The average Bonchev–Trinajstić information content (AvgIpc) is 3.19. The number of piperidine rings is 1. The maximum atomic E-state index is 13.0. The third-order valence-corrected chi connectivity index (χ3v) is 8.50. The van der Waals surface area contributed by atoms with Crippen LogP contribution in [0.5, 0.6) is 5.75 Å². The predicted octanol–water partition coefficient (Wildman–Crippen LogP) is 3.48. The van der Waals surface area contributed by atoms with E-state index in [1.165, 1.54) is 41.0 Å². The normalized spacial score (nSPS) is 15.2. The standard InChI is InChI=1S/C18H24N4O4S3/c1-3-11-27-18-21-20-17(28-18)19-16(23)14-12-13(7-8-15(14)26-2)29(24,25)22-9-5-4-6-10-22/h7-8,12H,3-6,9-11H2,1-2H3,(H,19,20,23). The number of sulfonamides is 1. The summed E-state index contributed by atoms with van der Waals surface area (Å²) in [7, 11) is -2.21. The molecule has 3 rings (SSSR count). The lowest BCUT2D eigenvalue weighted by molar-refractivity contribution is 0.102. The van der Waals surface area contributed by atoms with Crippen LogP contribution >= 0.6 is 23.1 Å². The van der Waals surface area contributed by atoms with E-state index >= 15 is 0 Å². The smallest absolute Gasteiger partial charge is 0.261 e. The molecule has 1 amide bonds. The molecule has 0 bridgehead atoms. The Morgan fingerprint density at radius 1 is 1.28 bits per heavy atom. The zero-order valence-electron chi connectivity index (χ0n) is 16.4. The molecule has 1 aliphatic heterocycles. The first kappa shape index (κ1) is 22.0. The molecule has 158 valence electrons. The molecule has 0 saturated carbocycles. The van der Waals surface area contributed by atoms with Gasteiger partial charge in [-0.15, -0.1) is 10.2 Å². The molecule has 11 heteroatoms. The van der Waals surface area contributed by atoms with E-state index in [1.807, 2.05) is 0 Å². The molecule has 1 aromatic carbocycles. The number of carbonyl (C=O) groups excluding carboxylic acids is 1. The van der Waals surface area contributed by atoms with Gasteiger partial charge in [0.2, 0.25) is 15.2 Å². The Balaban J connectivity index is 1.83. The molecule has 1 aromatic heterocycles. The largest absolute Gasteiger partial charge is 0.496 e.